The third-order valence-corrected chi connectivity index (χ3v) is 7.26. The number of aromatic nitrogens is 1. The maximum Gasteiger partial charge on any atom is 0.119 e. The molecule has 2 aliphatic rings. The molecule has 1 saturated heterocycles. The lowest BCUT2D eigenvalue weighted by Crippen LogP contribution is -2.53. The monoisotopic (exact) mass is 386 g/mol. The maximum atomic E-state index is 5.58. The van der Waals surface area contributed by atoms with Crippen LogP contribution in [0.3, 0.4) is 0 Å². The van der Waals surface area contributed by atoms with Gasteiger partial charge in [-0.15, -0.1) is 6.58 Å². The zero-order chi connectivity index (χ0) is 20.0. The Bertz CT molecular complexity index is 1070. The summed E-state index contributed by atoms with van der Waals surface area (Å²) in [4.78, 5) is 6.35. The summed E-state index contributed by atoms with van der Waals surface area (Å²) < 4.78 is 5.58. The third-order valence-electron chi connectivity index (χ3n) is 7.26. The number of likely N-dealkylation sites (tertiary alicyclic amines) is 1. The van der Waals surface area contributed by atoms with Crippen LogP contribution < -0.4 is 4.74 Å². The van der Waals surface area contributed by atoms with Crippen LogP contribution in [-0.4, -0.2) is 36.6 Å². The summed E-state index contributed by atoms with van der Waals surface area (Å²) in [5.41, 5.74) is 7.17. The van der Waals surface area contributed by atoms with E-state index in [4.69, 9.17) is 4.74 Å². The topological polar surface area (TPSA) is 28.3 Å². The quantitative estimate of drug-likeness (QED) is 0.637. The largest absolute Gasteiger partial charge is 0.497 e. The number of benzene rings is 2. The Hall–Kier alpha value is -2.52. The fourth-order valence-corrected chi connectivity index (χ4v) is 5.76. The van der Waals surface area contributed by atoms with Gasteiger partial charge in [0.15, 0.2) is 0 Å². The lowest BCUT2D eigenvalue weighted by atomic mass is 9.58. The van der Waals surface area contributed by atoms with Crippen molar-refractivity contribution in [2.75, 3.05) is 26.7 Å². The number of ether oxygens (including phenoxy) is 1. The van der Waals surface area contributed by atoms with Gasteiger partial charge >= 0.3 is 0 Å². The average Bonchev–Trinajstić information content (AvgIpc) is 3.08. The van der Waals surface area contributed by atoms with Gasteiger partial charge in [0.25, 0.3) is 0 Å². The predicted molar refractivity (Wildman–Crippen MR) is 120 cm³/mol. The minimum atomic E-state index is 0.162. The third kappa shape index (κ3) is 3.00. The molecule has 0 saturated carbocycles. The van der Waals surface area contributed by atoms with Crippen LogP contribution >= 0.6 is 0 Å². The Morgan fingerprint density at radius 2 is 2.17 bits per heavy atom. The van der Waals surface area contributed by atoms with E-state index in [9.17, 15) is 0 Å². The van der Waals surface area contributed by atoms with E-state index >= 15 is 0 Å². The highest BCUT2D eigenvalue weighted by Gasteiger charge is 2.47. The molecule has 1 aromatic heterocycles. The van der Waals surface area contributed by atoms with Gasteiger partial charge in [0.05, 0.1) is 7.11 Å². The number of nitrogens with one attached hydrogen (secondary N) is 1. The molecule has 29 heavy (non-hydrogen) atoms. The molecule has 0 spiro atoms. The van der Waals surface area contributed by atoms with E-state index in [0.29, 0.717) is 5.92 Å². The number of aromatic amines is 1. The summed E-state index contributed by atoms with van der Waals surface area (Å²) in [5, 5.41) is 1.42. The van der Waals surface area contributed by atoms with Crippen molar-refractivity contribution in [1.29, 1.82) is 0 Å². The lowest BCUT2D eigenvalue weighted by Gasteiger charge is -2.51. The van der Waals surface area contributed by atoms with Gasteiger partial charge < -0.3 is 9.72 Å². The molecular weight excluding hydrogens is 356 g/mol. The second-order valence-corrected chi connectivity index (χ2v) is 8.90. The molecule has 3 nitrogen and oxygen atoms in total. The van der Waals surface area contributed by atoms with Crippen molar-refractivity contribution in [3.05, 3.63) is 77.5 Å². The van der Waals surface area contributed by atoms with E-state index in [-0.39, 0.29) is 5.41 Å². The average molecular weight is 387 g/mol. The highest BCUT2D eigenvalue weighted by molar-refractivity contribution is 5.86. The Morgan fingerprint density at radius 1 is 1.28 bits per heavy atom. The van der Waals surface area contributed by atoms with Gasteiger partial charge in [-0.25, -0.2) is 0 Å². The van der Waals surface area contributed by atoms with E-state index in [1.54, 1.807) is 7.11 Å². The molecule has 2 unspecified atom stereocenters. The van der Waals surface area contributed by atoms with Gasteiger partial charge in [-0.2, -0.15) is 0 Å². The number of methoxy groups -OCH3 is 1. The number of aryl methyl sites for hydroxylation is 1. The van der Waals surface area contributed by atoms with Crippen LogP contribution in [0.1, 0.15) is 28.8 Å². The van der Waals surface area contributed by atoms with Crippen molar-refractivity contribution in [3.8, 4) is 5.75 Å². The van der Waals surface area contributed by atoms with E-state index in [1.807, 2.05) is 6.08 Å². The first-order chi connectivity index (χ1) is 14.1. The number of H-pyrrole nitrogens is 1. The second kappa shape index (κ2) is 7.07. The van der Waals surface area contributed by atoms with E-state index < -0.39 is 0 Å². The Kier molecular flexibility index (Phi) is 4.51. The van der Waals surface area contributed by atoms with Crippen molar-refractivity contribution >= 4 is 10.9 Å². The number of piperidine rings is 1. The molecule has 1 aliphatic heterocycles. The molecule has 0 amide bonds. The molecular formula is C26H30N2O. The van der Waals surface area contributed by atoms with Crippen LogP contribution in [0.5, 0.6) is 5.75 Å². The summed E-state index contributed by atoms with van der Waals surface area (Å²) >= 11 is 0. The molecule has 2 heterocycles. The molecule has 5 rings (SSSR count). The van der Waals surface area contributed by atoms with Gasteiger partial charge in [-0.05, 0) is 74.0 Å². The van der Waals surface area contributed by atoms with Crippen LogP contribution in [-0.2, 0) is 18.3 Å². The first-order valence-corrected chi connectivity index (χ1v) is 10.7. The maximum absolute atomic E-state index is 5.58. The summed E-state index contributed by atoms with van der Waals surface area (Å²) in [6.07, 6.45) is 5.42. The zero-order valence-electron chi connectivity index (χ0n) is 17.5. The van der Waals surface area contributed by atoms with E-state index in [1.165, 1.54) is 39.7 Å². The molecule has 0 bridgehead atoms. The summed E-state index contributed by atoms with van der Waals surface area (Å²) in [7, 11) is 1.76. The first kappa shape index (κ1) is 18.5. The van der Waals surface area contributed by atoms with Gasteiger partial charge in [-0.3, -0.25) is 4.90 Å². The summed E-state index contributed by atoms with van der Waals surface area (Å²) in [6.45, 7) is 9.38. The van der Waals surface area contributed by atoms with Gasteiger partial charge in [0.1, 0.15) is 5.75 Å². The van der Waals surface area contributed by atoms with Crippen molar-refractivity contribution < 1.29 is 4.74 Å². The molecule has 2 aromatic carbocycles. The highest BCUT2D eigenvalue weighted by Crippen LogP contribution is 2.49. The van der Waals surface area contributed by atoms with Crippen LogP contribution in [0.15, 0.2) is 55.1 Å². The molecule has 1 fully saturated rings. The smallest absolute Gasteiger partial charge is 0.119 e. The predicted octanol–water partition coefficient (Wildman–Crippen LogP) is 5.03. The Balaban J connectivity index is 1.63. The number of fused-ring (bicyclic) bond motifs is 4. The molecule has 1 aliphatic carbocycles. The van der Waals surface area contributed by atoms with Crippen LogP contribution in [0.4, 0.5) is 0 Å². The minimum Gasteiger partial charge on any atom is -0.497 e. The number of nitrogens with zero attached hydrogens (tertiary/aromatic N) is 1. The fraction of sp³-hybridized carbons (Fsp3) is 0.385. The molecule has 150 valence electrons. The van der Waals surface area contributed by atoms with Crippen molar-refractivity contribution in [1.82, 2.24) is 9.88 Å². The summed E-state index contributed by atoms with van der Waals surface area (Å²) in [5.74, 6) is 1.55. The number of hydrogen-bond donors (Lipinski definition) is 1. The first-order valence-electron chi connectivity index (χ1n) is 10.7. The highest BCUT2D eigenvalue weighted by atomic mass is 16.5. The SMILES string of the molecule is C=CCN1CCC2(c3cccc(OC)c3)Cc3[nH]c4ccc(C)cc4c3CC2C1. The number of rotatable bonds is 4. The molecule has 0 radical (unpaired) electrons. The minimum absolute atomic E-state index is 0.162. The Morgan fingerprint density at radius 3 is 3.00 bits per heavy atom. The van der Waals surface area contributed by atoms with Crippen LogP contribution in [0.25, 0.3) is 10.9 Å². The zero-order valence-corrected chi connectivity index (χ0v) is 17.5. The van der Waals surface area contributed by atoms with Crippen molar-refractivity contribution in [2.45, 2.75) is 31.6 Å². The van der Waals surface area contributed by atoms with Crippen LogP contribution in [0, 0.1) is 12.8 Å². The van der Waals surface area contributed by atoms with Crippen LogP contribution in [0.2, 0.25) is 0 Å². The van der Waals surface area contributed by atoms with Gasteiger partial charge in [0.2, 0.25) is 0 Å². The van der Waals surface area contributed by atoms with Crippen molar-refractivity contribution in [2.24, 2.45) is 5.92 Å². The Labute approximate surface area is 173 Å². The van der Waals surface area contributed by atoms with E-state index in [0.717, 1.165) is 38.2 Å². The van der Waals surface area contributed by atoms with Crippen molar-refractivity contribution in [3.63, 3.8) is 0 Å². The second-order valence-electron chi connectivity index (χ2n) is 8.90. The van der Waals surface area contributed by atoms with Gasteiger partial charge in [0, 0.05) is 35.1 Å². The molecule has 3 heteroatoms. The van der Waals surface area contributed by atoms with Gasteiger partial charge in [-0.1, -0.05) is 29.8 Å². The normalized spacial score (nSPS) is 24.1. The van der Waals surface area contributed by atoms with E-state index in [2.05, 4.69) is 65.9 Å². The molecule has 3 aromatic rings. The lowest BCUT2D eigenvalue weighted by molar-refractivity contribution is 0.0896. The summed E-state index contributed by atoms with van der Waals surface area (Å²) in [6, 6.07) is 15.6. The number of hydrogen-bond acceptors (Lipinski definition) is 2. The molecule has 2 atom stereocenters. The standard InChI is InChI=1S/C26H30N2O/c1-4-11-28-12-10-26(19-6-5-7-21(14-19)29-3)16-25-23(15-20(26)17-28)22-13-18(2)8-9-24(22)27-25/h4-9,13-14,20,27H,1,10-12,15-17H2,2-3H3. The molecule has 1 N–H and O–H groups in total. The fourth-order valence-electron chi connectivity index (χ4n) is 5.76.